The lowest BCUT2D eigenvalue weighted by Crippen LogP contribution is -2.53. The van der Waals surface area contributed by atoms with E-state index >= 15 is 0 Å². The molecule has 0 aromatic rings. The first-order chi connectivity index (χ1) is 8.78. The van der Waals surface area contributed by atoms with Gasteiger partial charge in [0.1, 0.15) is 5.60 Å². The van der Waals surface area contributed by atoms with Gasteiger partial charge in [-0.3, -0.25) is 4.79 Å². The van der Waals surface area contributed by atoms with Gasteiger partial charge in [0.15, 0.2) is 0 Å². The van der Waals surface area contributed by atoms with E-state index in [0.29, 0.717) is 0 Å². The molecule has 0 heterocycles. The minimum atomic E-state index is -0.887. The van der Waals surface area contributed by atoms with E-state index in [0.717, 1.165) is 25.7 Å². The second kappa shape index (κ2) is 6.75. The number of carboxylic acid groups (broad SMARTS) is 1. The summed E-state index contributed by atoms with van der Waals surface area (Å²) in [5.41, 5.74) is -0.525. The number of amides is 1. The van der Waals surface area contributed by atoms with Gasteiger partial charge < -0.3 is 20.5 Å². The SMILES string of the molecule is CC(C)(C)OC(=O)N[C@H]1CCCC[C@@H]1NCC(=O)O. The van der Waals surface area contributed by atoms with Crippen LogP contribution in [0.15, 0.2) is 0 Å². The number of nitrogens with one attached hydrogen (secondary N) is 2. The fourth-order valence-corrected chi connectivity index (χ4v) is 2.23. The summed E-state index contributed by atoms with van der Waals surface area (Å²) in [6.45, 7) is 5.35. The van der Waals surface area contributed by atoms with Crippen molar-refractivity contribution in [1.29, 1.82) is 0 Å². The zero-order chi connectivity index (χ0) is 14.5. The van der Waals surface area contributed by atoms with Gasteiger partial charge in [-0.2, -0.15) is 0 Å². The van der Waals surface area contributed by atoms with Crippen molar-refractivity contribution in [2.75, 3.05) is 6.54 Å². The maximum absolute atomic E-state index is 11.7. The first kappa shape index (κ1) is 15.8. The van der Waals surface area contributed by atoms with Crippen LogP contribution in [-0.4, -0.2) is 41.4 Å². The topological polar surface area (TPSA) is 87.7 Å². The van der Waals surface area contributed by atoms with Gasteiger partial charge in [-0.15, -0.1) is 0 Å². The molecule has 6 heteroatoms. The number of carboxylic acids is 1. The Morgan fingerprint density at radius 2 is 1.79 bits per heavy atom. The molecule has 0 aromatic heterocycles. The third kappa shape index (κ3) is 6.42. The van der Waals surface area contributed by atoms with Crippen LogP contribution in [0.25, 0.3) is 0 Å². The first-order valence-electron chi connectivity index (χ1n) is 6.72. The maximum Gasteiger partial charge on any atom is 0.407 e. The first-order valence-corrected chi connectivity index (χ1v) is 6.72. The molecule has 6 nitrogen and oxygen atoms in total. The number of hydrogen-bond acceptors (Lipinski definition) is 4. The van der Waals surface area contributed by atoms with Gasteiger partial charge in [0.25, 0.3) is 0 Å². The molecule has 0 saturated heterocycles. The predicted molar refractivity (Wildman–Crippen MR) is 71.1 cm³/mol. The summed E-state index contributed by atoms with van der Waals surface area (Å²) in [5, 5.41) is 14.5. The second-order valence-electron chi connectivity index (χ2n) is 5.92. The van der Waals surface area contributed by atoms with E-state index in [1.54, 1.807) is 0 Å². The summed E-state index contributed by atoms with van der Waals surface area (Å²) < 4.78 is 5.22. The summed E-state index contributed by atoms with van der Waals surface area (Å²) in [5.74, 6) is -0.887. The smallest absolute Gasteiger partial charge is 0.407 e. The highest BCUT2D eigenvalue weighted by Gasteiger charge is 2.28. The van der Waals surface area contributed by atoms with Crippen molar-refractivity contribution >= 4 is 12.1 Å². The molecule has 0 unspecified atom stereocenters. The van der Waals surface area contributed by atoms with Crippen LogP contribution in [0.3, 0.4) is 0 Å². The molecule has 1 aliphatic carbocycles. The molecule has 1 amide bonds. The lowest BCUT2D eigenvalue weighted by molar-refractivity contribution is -0.136. The number of carbonyl (C=O) groups excluding carboxylic acids is 1. The van der Waals surface area contributed by atoms with E-state index < -0.39 is 17.7 Å². The van der Waals surface area contributed by atoms with Crippen molar-refractivity contribution in [3.05, 3.63) is 0 Å². The Labute approximate surface area is 113 Å². The average Bonchev–Trinajstić information content (AvgIpc) is 2.25. The number of aliphatic carboxylic acids is 1. The van der Waals surface area contributed by atoms with E-state index in [2.05, 4.69) is 10.6 Å². The van der Waals surface area contributed by atoms with Crippen LogP contribution < -0.4 is 10.6 Å². The fourth-order valence-electron chi connectivity index (χ4n) is 2.23. The fraction of sp³-hybridized carbons (Fsp3) is 0.846. The van der Waals surface area contributed by atoms with E-state index in [-0.39, 0.29) is 18.6 Å². The monoisotopic (exact) mass is 272 g/mol. The van der Waals surface area contributed by atoms with Gasteiger partial charge in [0.05, 0.1) is 6.54 Å². The Kier molecular flexibility index (Phi) is 5.60. The second-order valence-corrected chi connectivity index (χ2v) is 5.92. The van der Waals surface area contributed by atoms with Crippen molar-refractivity contribution in [2.24, 2.45) is 0 Å². The zero-order valence-corrected chi connectivity index (χ0v) is 11.9. The number of rotatable bonds is 4. The van der Waals surface area contributed by atoms with Gasteiger partial charge in [-0.05, 0) is 33.6 Å². The van der Waals surface area contributed by atoms with E-state index in [1.807, 2.05) is 20.8 Å². The van der Waals surface area contributed by atoms with Crippen molar-refractivity contribution < 1.29 is 19.4 Å². The summed E-state index contributed by atoms with van der Waals surface area (Å²) >= 11 is 0. The highest BCUT2D eigenvalue weighted by Crippen LogP contribution is 2.19. The summed E-state index contributed by atoms with van der Waals surface area (Å²) in [6.07, 6.45) is 3.35. The normalized spacial score (nSPS) is 23.7. The summed E-state index contributed by atoms with van der Waals surface area (Å²) in [4.78, 5) is 22.3. The van der Waals surface area contributed by atoms with Crippen LogP contribution in [0.1, 0.15) is 46.5 Å². The van der Waals surface area contributed by atoms with Crippen LogP contribution in [0.2, 0.25) is 0 Å². The van der Waals surface area contributed by atoms with E-state index in [1.165, 1.54) is 0 Å². The summed E-state index contributed by atoms with van der Waals surface area (Å²) in [7, 11) is 0. The molecule has 0 bridgehead atoms. The van der Waals surface area contributed by atoms with Crippen molar-refractivity contribution in [3.8, 4) is 0 Å². The Bertz CT molecular complexity index is 325. The zero-order valence-electron chi connectivity index (χ0n) is 11.9. The predicted octanol–water partition coefficient (Wildman–Crippen LogP) is 1.50. The molecule has 0 aliphatic heterocycles. The molecular formula is C13H24N2O4. The number of ether oxygens (including phenoxy) is 1. The molecule has 2 atom stereocenters. The molecule has 1 rings (SSSR count). The Morgan fingerprint density at radius 1 is 1.21 bits per heavy atom. The third-order valence-electron chi connectivity index (χ3n) is 2.98. The maximum atomic E-state index is 11.7. The Morgan fingerprint density at radius 3 is 2.32 bits per heavy atom. The molecule has 19 heavy (non-hydrogen) atoms. The third-order valence-corrected chi connectivity index (χ3v) is 2.98. The Balaban J connectivity index is 2.47. The van der Waals surface area contributed by atoms with Gasteiger partial charge in [0.2, 0.25) is 0 Å². The number of alkyl carbamates (subject to hydrolysis) is 1. The molecule has 0 aromatic carbocycles. The quantitative estimate of drug-likeness (QED) is 0.722. The molecule has 1 saturated carbocycles. The number of carbonyl (C=O) groups is 2. The van der Waals surface area contributed by atoms with E-state index in [4.69, 9.17) is 9.84 Å². The lowest BCUT2D eigenvalue weighted by Gasteiger charge is -2.33. The van der Waals surface area contributed by atoms with Gasteiger partial charge >= 0.3 is 12.1 Å². The largest absolute Gasteiger partial charge is 0.480 e. The molecule has 110 valence electrons. The molecular weight excluding hydrogens is 248 g/mol. The highest BCUT2D eigenvalue weighted by molar-refractivity contribution is 5.69. The molecule has 1 fully saturated rings. The van der Waals surface area contributed by atoms with Crippen molar-refractivity contribution in [2.45, 2.75) is 64.1 Å². The minimum absolute atomic E-state index is 0.00244. The average molecular weight is 272 g/mol. The molecule has 3 N–H and O–H groups in total. The van der Waals surface area contributed by atoms with Crippen molar-refractivity contribution in [3.63, 3.8) is 0 Å². The van der Waals surface area contributed by atoms with E-state index in [9.17, 15) is 9.59 Å². The van der Waals surface area contributed by atoms with Crippen LogP contribution in [0.4, 0.5) is 4.79 Å². The molecule has 0 radical (unpaired) electrons. The van der Waals surface area contributed by atoms with Crippen LogP contribution >= 0.6 is 0 Å². The minimum Gasteiger partial charge on any atom is -0.480 e. The van der Waals surface area contributed by atoms with Gasteiger partial charge in [0, 0.05) is 12.1 Å². The van der Waals surface area contributed by atoms with Gasteiger partial charge in [-0.25, -0.2) is 4.79 Å². The molecule has 0 spiro atoms. The van der Waals surface area contributed by atoms with Crippen molar-refractivity contribution in [1.82, 2.24) is 10.6 Å². The van der Waals surface area contributed by atoms with Crippen LogP contribution in [0, 0.1) is 0 Å². The molecule has 1 aliphatic rings. The Hall–Kier alpha value is -1.30. The summed E-state index contributed by atoms with van der Waals surface area (Å²) in [6, 6.07) is -0.0691. The highest BCUT2D eigenvalue weighted by atomic mass is 16.6. The number of hydrogen-bond donors (Lipinski definition) is 3. The standard InChI is InChI=1S/C13H24N2O4/c1-13(2,3)19-12(18)15-10-7-5-4-6-9(10)14-8-11(16)17/h9-10,14H,4-8H2,1-3H3,(H,15,18)(H,16,17)/t9-,10-/m0/s1. The van der Waals surface area contributed by atoms with Gasteiger partial charge in [-0.1, -0.05) is 12.8 Å². The van der Waals surface area contributed by atoms with Crippen LogP contribution in [0.5, 0.6) is 0 Å². The lowest BCUT2D eigenvalue weighted by atomic mass is 9.90. The van der Waals surface area contributed by atoms with Crippen LogP contribution in [-0.2, 0) is 9.53 Å².